The second-order valence-electron chi connectivity index (χ2n) is 5.31. The van der Waals surface area contributed by atoms with E-state index in [1.807, 2.05) is 0 Å². The topological polar surface area (TPSA) is 63.2 Å². The molecule has 0 aliphatic heterocycles. The van der Waals surface area contributed by atoms with Crippen LogP contribution in [0.15, 0.2) is 58.3 Å². The van der Waals surface area contributed by atoms with Crippen molar-refractivity contribution in [2.75, 3.05) is 18.1 Å². The Hall–Kier alpha value is -1.86. The second-order valence-corrected chi connectivity index (χ2v) is 8.73. The molecule has 0 radical (unpaired) electrons. The summed E-state index contributed by atoms with van der Waals surface area (Å²) in [5.74, 6) is 0.0589. The minimum Gasteiger partial charge on any atom is -0.352 e. The highest BCUT2D eigenvalue weighted by Crippen LogP contribution is 2.19. The number of nitrogens with one attached hydrogen (secondary N) is 1. The Kier molecular flexibility index (Phi) is 7.01. The van der Waals surface area contributed by atoms with Gasteiger partial charge in [-0.15, -0.1) is 11.8 Å². The van der Waals surface area contributed by atoms with Crippen molar-refractivity contribution >= 4 is 27.5 Å². The molecule has 2 aromatic carbocycles. The zero-order valence-electron chi connectivity index (χ0n) is 13.9. The van der Waals surface area contributed by atoms with Crippen LogP contribution in [-0.2, 0) is 9.84 Å². The number of amides is 1. The maximum atomic E-state index is 12.8. The van der Waals surface area contributed by atoms with Gasteiger partial charge in [0.25, 0.3) is 5.91 Å². The minimum absolute atomic E-state index is 0.0500. The van der Waals surface area contributed by atoms with Crippen LogP contribution >= 0.6 is 11.8 Å². The number of rotatable bonds is 8. The molecule has 0 atom stereocenters. The van der Waals surface area contributed by atoms with E-state index in [0.29, 0.717) is 6.54 Å². The van der Waals surface area contributed by atoms with Gasteiger partial charge in [-0.25, -0.2) is 12.8 Å². The quantitative estimate of drug-likeness (QED) is 0.561. The summed E-state index contributed by atoms with van der Waals surface area (Å²) in [5, 5.41) is 2.75. The van der Waals surface area contributed by atoms with Gasteiger partial charge in [-0.1, -0.05) is 19.1 Å². The van der Waals surface area contributed by atoms with E-state index in [1.54, 1.807) is 43.0 Å². The van der Waals surface area contributed by atoms with E-state index in [4.69, 9.17) is 0 Å². The normalized spacial score (nSPS) is 11.3. The summed E-state index contributed by atoms with van der Waals surface area (Å²) in [6.45, 7) is 1.99. The van der Waals surface area contributed by atoms with Crippen molar-refractivity contribution in [3.8, 4) is 0 Å². The molecule has 4 nitrogen and oxygen atoms in total. The van der Waals surface area contributed by atoms with E-state index in [9.17, 15) is 17.6 Å². The summed E-state index contributed by atoms with van der Waals surface area (Å²) in [5.41, 5.74) is 0.176. The molecular weight excluding hydrogens is 361 g/mol. The summed E-state index contributed by atoms with van der Waals surface area (Å²) >= 11 is 1.57. The number of halogens is 1. The molecule has 0 saturated carbocycles. The summed E-state index contributed by atoms with van der Waals surface area (Å²) in [6.07, 6.45) is 0.719. The molecule has 0 aromatic heterocycles. The first kappa shape index (κ1) is 19.5. The van der Waals surface area contributed by atoms with Crippen molar-refractivity contribution in [3.63, 3.8) is 0 Å². The minimum atomic E-state index is -3.44. The van der Waals surface area contributed by atoms with Crippen LogP contribution in [0, 0.1) is 5.82 Å². The molecule has 7 heteroatoms. The first-order valence-corrected chi connectivity index (χ1v) is 10.6. The van der Waals surface area contributed by atoms with E-state index in [1.165, 1.54) is 24.3 Å². The monoisotopic (exact) mass is 381 g/mol. The molecule has 2 aromatic rings. The first-order chi connectivity index (χ1) is 11.9. The van der Waals surface area contributed by atoms with Crippen LogP contribution in [0.4, 0.5) is 4.39 Å². The van der Waals surface area contributed by atoms with Crippen LogP contribution in [-0.4, -0.2) is 32.4 Å². The van der Waals surface area contributed by atoms with Crippen LogP contribution in [0.2, 0.25) is 0 Å². The molecule has 0 aliphatic carbocycles. The Morgan fingerprint density at radius 2 is 1.80 bits per heavy atom. The van der Waals surface area contributed by atoms with Crippen molar-refractivity contribution in [3.05, 3.63) is 59.9 Å². The third kappa shape index (κ3) is 5.57. The lowest BCUT2D eigenvalue weighted by atomic mass is 10.2. The smallest absolute Gasteiger partial charge is 0.252 e. The van der Waals surface area contributed by atoms with Gasteiger partial charge in [0.1, 0.15) is 5.82 Å². The molecule has 134 valence electrons. The maximum absolute atomic E-state index is 12.8. The average Bonchev–Trinajstić information content (AvgIpc) is 2.63. The maximum Gasteiger partial charge on any atom is 0.252 e. The SMILES string of the molecule is CCS(=O)(=O)c1ccccc1C(=O)NCCCSc1ccc(F)cc1. The molecule has 0 heterocycles. The van der Waals surface area contributed by atoms with Crippen LogP contribution in [0.25, 0.3) is 0 Å². The van der Waals surface area contributed by atoms with E-state index in [0.717, 1.165) is 17.1 Å². The summed E-state index contributed by atoms with van der Waals surface area (Å²) < 4.78 is 37.0. The van der Waals surface area contributed by atoms with Crippen molar-refractivity contribution < 1.29 is 17.6 Å². The molecule has 0 fully saturated rings. The van der Waals surface area contributed by atoms with Gasteiger partial charge >= 0.3 is 0 Å². The standard InChI is InChI=1S/C18H20FNO3S2/c1-2-25(22,23)17-7-4-3-6-16(17)18(21)20-12-5-13-24-15-10-8-14(19)9-11-15/h3-4,6-11H,2,5,12-13H2,1H3,(H,20,21). The Bertz CT molecular complexity index is 820. The number of hydrogen-bond donors (Lipinski definition) is 1. The predicted molar refractivity (Wildman–Crippen MR) is 98.2 cm³/mol. The number of benzene rings is 2. The van der Waals surface area contributed by atoms with Crippen LogP contribution < -0.4 is 5.32 Å². The third-order valence-corrected chi connectivity index (χ3v) is 6.42. The Labute approximate surface area is 151 Å². The van der Waals surface area contributed by atoms with Crippen molar-refractivity contribution in [2.24, 2.45) is 0 Å². The number of thioether (sulfide) groups is 1. The predicted octanol–water partition coefficient (Wildman–Crippen LogP) is 3.53. The zero-order valence-corrected chi connectivity index (χ0v) is 15.5. The Balaban J connectivity index is 1.86. The third-order valence-electron chi connectivity index (χ3n) is 3.54. The molecule has 0 aliphatic rings. The second kappa shape index (κ2) is 9.01. The highest BCUT2D eigenvalue weighted by molar-refractivity contribution is 7.99. The van der Waals surface area contributed by atoms with Gasteiger partial charge in [0.15, 0.2) is 9.84 Å². The highest BCUT2D eigenvalue weighted by Gasteiger charge is 2.20. The molecule has 0 bridgehead atoms. The van der Waals surface area contributed by atoms with Gasteiger partial charge < -0.3 is 5.32 Å². The summed E-state index contributed by atoms with van der Waals surface area (Å²) in [6, 6.07) is 12.5. The van der Waals surface area contributed by atoms with Gasteiger partial charge in [0, 0.05) is 11.4 Å². The van der Waals surface area contributed by atoms with Gasteiger partial charge in [0.05, 0.1) is 16.2 Å². The number of hydrogen-bond acceptors (Lipinski definition) is 4. The lowest BCUT2D eigenvalue weighted by molar-refractivity contribution is 0.0950. The largest absolute Gasteiger partial charge is 0.352 e. The van der Waals surface area contributed by atoms with Crippen molar-refractivity contribution in [2.45, 2.75) is 23.1 Å². The fourth-order valence-corrected chi connectivity index (χ4v) is 4.12. The van der Waals surface area contributed by atoms with E-state index >= 15 is 0 Å². The molecule has 0 unspecified atom stereocenters. The van der Waals surface area contributed by atoms with Gasteiger partial charge in [-0.3, -0.25) is 4.79 Å². The van der Waals surface area contributed by atoms with Crippen molar-refractivity contribution in [1.29, 1.82) is 0 Å². The van der Waals surface area contributed by atoms with Crippen LogP contribution in [0.1, 0.15) is 23.7 Å². The van der Waals surface area contributed by atoms with Crippen LogP contribution in [0.3, 0.4) is 0 Å². The molecular formula is C18H20FNO3S2. The molecule has 2 rings (SSSR count). The van der Waals surface area contributed by atoms with Gasteiger partial charge in [0.2, 0.25) is 0 Å². The number of sulfone groups is 1. The van der Waals surface area contributed by atoms with E-state index in [-0.39, 0.29) is 27.9 Å². The summed E-state index contributed by atoms with van der Waals surface area (Å²) in [7, 11) is -3.44. The Morgan fingerprint density at radius 3 is 2.48 bits per heavy atom. The van der Waals surface area contributed by atoms with Gasteiger partial charge in [-0.05, 0) is 48.6 Å². The lowest BCUT2D eigenvalue weighted by Crippen LogP contribution is -2.26. The molecule has 25 heavy (non-hydrogen) atoms. The molecule has 0 spiro atoms. The van der Waals surface area contributed by atoms with Crippen molar-refractivity contribution in [1.82, 2.24) is 5.32 Å². The lowest BCUT2D eigenvalue weighted by Gasteiger charge is -2.10. The fourth-order valence-electron chi connectivity index (χ4n) is 2.17. The Morgan fingerprint density at radius 1 is 1.12 bits per heavy atom. The molecule has 0 saturated heterocycles. The number of carbonyl (C=O) groups excluding carboxylic acids is 1. The number of carbonyl (C=O) groups is 1. The fraction of sp³-hybridized carbons (Fsp3) is 0.278. The average molecular weight is 381 g/mol. The molecule has 1 N–H and O–H groups in total. The van der Waals surface area contributed by atoms with Gasteiger partial charge in [-0.2, -0.15) is 0 Å². The van der Waals surface area contributed by atoms with E-state index < -0.39 is 9.84 Å². The highest BCUT2D eigenvalue weighted by atomic mass is 32.2. The molecule has 1 amide bonds. The first-order valence-electron chi connectivity index (χ1n) is 7.92. The summed E-state index contributed by atoms with van der Waals surface area (Å²) in [4.78, 5) is 13.3. The van der Waals surface area contributed by atoms with E-state index in [2.05, 4.69) is 5.32 Å². The zero-order chi connectivity index (χ0) is 18.3. The van der Waals surface area contributed by atoms with Crippen LogP contribution in [0.5, 0.6) is 0 Å².